The first-order valence-corrected chi connectivity index (χ1v) is 10.1. The predicted octanol–water partition coefficient (Wildman–Crippen LogP) is 4.69. The number of alkyl halides is 6. The zero-order valence-electron chi connectivity index (χ0n) is 18.1. The van der Waals surface area contributed by atoms with E-state index in [0.29, 0.717) is 23.5 Å². The molecular formula is C22H16F6N6O. The molecule has 0 bridgehead atoms. The molecule has 1 atom stereocenters. The number of nitrogens with zero attached hydrogens (tertiary/aromatic N) is 5. The number of hydrogen-bond donors (Lipinski definition) is 1. The van der Waals surface area contributed by atoms with Crippen molar-refractivity contribution < 1.29 is 31.1 Å². The number of carbonyl (C=O) groups excluding carboxylic acids is 1. The molecule has 1 N–H and O–H groups in total. The summed E-state index contributed by atoms with van der Waals surface area (Å²) in [5.41, 5.74) is -1.57. The number of aryl methyl sites for hydroxylation is 2. The lowest BCUT2D eigenvalue weighted by Gasteiger charge is -2.22. The first kappa shape index (κ1) is 24.1. The van der Waals surface area contributed by atoms with Crippen LogP contribution in [0.5, 0.6) is 0 Å². The standard InChI is InChI=1S/C22H16F6N6O/c1-11-10-12(2)34-20(30-11)32-18(33-34)19(35)31-16(13-5-7-14(8-6-13)21(23,24)25)17-15(22(26,27)28)4-3-9-29-17/h3-10,16H,1-2H3,(H,31,35). The van der Waals surface area contributed by atoms with E-state index in [0.717, 1.165) is 30.5 Å². The number of carbonyl (C=O) groups is 1. The molecule has 0 fully saturated rings. The van der Waals surface area contributed by atoms with Gasteiger partial charge in [-0.3, -0.25) is 9.78 Å². The number of amides is 1. The monoisotopic (exact) mass is 494 g/mol. The van der Waals surface area contributed by atoms with Crippen molar-refractivity contribution in [1.82, 2.24) is 29.9 Å². The SMILES string of the molecule is Cc1cc(C)n2nc(C(=O)NC(c3ccc(C(F)(F)F)cc3)c3ncccc3C(F)(F)F)nc2n1. The molecule has 3 heterocycles. The molecule has 0 aliphatic carbocycles. The van der Waals surface area contributed by atoms with Crippen LogP contribution in [0.4, 0.5) is 26.3 Å². The van der Waals surface area contributed by atoms with E-state index in [1.165, 1.54) is 4.52 Å². The molecule has 0 saturated heterocycles. The van der Waals surface area contributed by atoms with Crippen molar-refractivity contribution in [1.29, 1.82) is 0 Å². The average molecular weight is 494 g/mol. The molecule has 1 aromatic carbocycles. The van der Waals surface area contributed by atoms with Crippen molar-refractivity contribution in [2.75, 3.05) is 0 Å². The van der Waals surface area contributed by atoms with Crippen LogP contribution in [0.15, 0.2) is 48.7 Å². The van der Waals surface area contributed by atoms with Gasteiger partial charge < -0.3 is 5.32 Å². The van der Waals surface area contributed by atoms with E-state index in [1.807, 2.05) is 0 Å². The minimum absolute atomic E-state index is 0.0514. The van der Waals surface area contributed by atoms with Gasteiger partial charge >= 0.3 is 12.4 Å². The highest BCUT2D eigenvalue weighted by molar-refractivity contribution is 5.91. The van der Waals surface area contributed by atoms with Gasteiger partial charge in [0.1, 0.15) is 0 Å². The molecule has 0 radical (unpaired) electrons. The number of halogens is 6. The number of benzene rings is 1. The fourth-order valence-corrected chi connectivity index (χ4v) is 3.52. The summed E-state index contributed by atoms with van der Waals surface area (Å²) in [6.07, 6.45) is -8.39. The molecule has 13 heteroatoms. The van der Waals surface area contributed by atoms with Crippen LogP contribution in [0, 0.1) is 13.8 Å². The summed E-state index contributed by atoms with van der Waals surface area (Å²) in [5, 5.41) is 6.43. The van der Waals surface area contributed by atoms with Gasteiger partial charge in [-0.15, -0.1) is 5.10 Å². The molecule has 4 aromatic rings. The third kappa shape index (κ3) is 4.93. The van der Waals surface area contributed by atoms with Crippen LogP contribution < -0.4 is 5.32 Å². The molecule has 0 aliphatic heterocycles. The Hall–Kier alpha value is -4.03. The molecule has 0 aliphatic rings. The number of pyridine rings is 1. The Morgan fingerprint density at radius 2 is 1.66 bits per heavy atom. The van der Waals surface area contributed by atoms with E-state index >= 15 is 0 Å². The Morgan fingerprint density at radius 3 is 2.29 bits per heavy atom. The van der Waals surface area contributed by atoms with Crippen molar-refractivity contribution >= 4 is 11.7 Å². The van der Waals surface area contributed by atoms with Gasteiger partial charge in [-0.05, 0) is 49.7 Å². The van der Waals surface area contributed by atoms with E-state index in [4.69, 9.17) is 0 Å². The van der Waals surface area contributed by atoms with Crippen molar-refractivity contribution in [3.63, 3.8) is 0 Å². The summed E-state index contributed by atoms with van der Waals surface area (Å²) in [7, 11) is 0. The van der Waals surface area contributed by atoms with E-state index in [2.05, 4.69) is 25.4 Å². The maximum Gasteiger partial charge on any atom is 0.418 e. The normalized spacial score (nSPS) is 13.1. The van der Waals surface area contributed by atoms with Gasteiger partial charge in [-0.25, -0.2) is 9.50 Å². The quantitative estimate of drug-likeness (QED) is 0.416. The van der Waals surface area contributed by atoms with Crippen LogP contribution in [-0.2, 0) is 12.4 Å². The van der Waals surface area contributed by atoms with E-state index in [1.54, 1.807) is 19.9 Å². The summed E-state index contributed by atoms with van der Waals surface area (Å²) in [5.74, 6) is -1.24. The predicted molar refractivity (Wildman–Crippen MR) is 110 cm³/mol. The van der Waals surface area contributed by atoms with E-state index in [9.17, 15) is 31.1 Å². The Morgan fingerprint density at radius 1 is 0.971 bits per heavy atom. The Labute approximate surface area is 193 Å². The highest BCUT2D eigenvalue weighted by Crippen LogP contribution is 2.36. The van der Waals surface area contributed by atoms with Crippen LogP contribution in [0.25, 0.3) is 5.78 Å². The Bertz CT molecular complexity index is 1390. The molecule has 4 rings (SSSR count). The maximum atomic E-state index is 13.7. The van der Waals surface area contributed by atoms with Crippen molar-refractivity contribution in [3.8, 4) is 0 Å². The topological polar surface area (TPSA) is 85.1 Å². The smallest absolute Gasteiger partial charge is 0.337 e. The van der Waals surface area contributed by atoms with Crippen molar-refractivity contribution in [2.24, 2.45) is 0 Å². The second-order valence-corrected chi connectivity index (χ2v) is 7.65. The zero-order valence-corrected chi connectivity index (χ0v) is 18.1. The summed E-state index contributed by atoms with van der Waals surface area (Å²) in [6.45, 7) is 3.41. The van der Waals surface area contributed by atoms with E-state index < -0.39 is 41.1 Å². The average Bonchev–Trinajstić information content (AvgIpc) is 3.21. The minimum atomic E-state index is -4.83. The third-order valence-corrected chi connectivity index (χ3v) is 5.09. The van der Waals surface area contributed by atoms with E-state index in [-0.39, 0.29) is 17.2 Å². The van der Waals surface area contributed by atoms with Gasteiger partial charge in [0.25, 0.3) is 11.7 Å². The maximum absolute atomic E-state index is 13.7. The molecule has 182 valence electrons. The van der Waals surface area contributed by atoms with Gasteiger partial charge in [0.05, 0.1) is 22.9 Å². The first-order valence-electron chi connectivity index (χ1n) is 10.1. The van der Waals surface area contributed by atoms with Gasteiger partial charge in [0.15, 0.2) is 0 Å². The summed E-state index contributed by atoms with van der Waals surface area (Å²) in [4.78, 5) is 25.0. The molecule has 3 aromatic heterocycles. The van der Waals surface area contributed by atoms with Gasteiger partial charge in [0.2, 0.25) is 5.82 Å². The number of nitrogens with one attached hydrogen (secondary N) is 1. The number of aromatic nitrogens is 5. The highest BCUT2D eigenvalue weighted by Gasteiger charge is 2.38. The Balaban J connectivity index is 1.78. The fourth-order valence-electron chi connectivity index (χ4n) is 3.52. The molecule has 7 nitrogen and oxygen atoms in total. The second-order valence-electron chi connectivity index (χ2n) is 7.65. The van der Waals surface area contributed by atoms with Crippen LogP contribution in [0.1, 0.15) is 50.4 Å². The lowest BCUT2D eigenvalue weighted by molar-refractivity contribution is -0.139. The summed E-state index contributed by atoms with van der Waals surface area (Å²) in [6, 6.07) is 5.36. The van der Waals surface area contributed by atoms with Gasteiger partial charge in [-0.1, -0.05) is 12.1 Å². The molecule has 0 spiro atoms. The van der Waals surface area contributed by atoms with Gasteiger partial charge in [0, 0.05) is 17.6 Å². The van der Waals surface area contributed by atoms with Gasteiger partial charge in [-0.2, -0.15) is 31.3 Å². The molecule has 1 unspecified atom stereocenters. The molecule has 0 saturated carbocycles. The molecule has 1 amide bonds. The third-order valence-electron chi connectivity index (χ3n) is 5.09. The van der Waals surface area contributed by atoms with Crippen LogP contribution >= 0.6 is 0 Å². The van der Waals surface area contributed by atoms with Crippen molar-refractivity contribution in [2.45, 2.75) is 32.2 Å². The second kappa shape index (κ2) is 8.64. The molecular weight excluding hydrogens is 478 g/mol. The Kier molecular flexibility index (Phi) is 5.95. The van der Waals surface area contributed by atoms with Crippen molar-refractivity contribution in [3.05, 3.63) is 88.3 Å². The number of hydrogen-bond acceptors (Lipinski definition) is 5. The van der Waals surface area contributed by atoms with Crippen LogP contribution in [0.3, 0.4) is 0 Å². The lowest BCUT2D eigenvalue weighted by Crippen LogP contribution is -2.32. The zero-order chi connectivity index (χ0) is 25.5. The first-order chi connectivity index (χ1) is 16.3. The highest BCUT2D eigenvalue weighted by atomic mass is 19.4. The fraction of sp³-hybridized carbons (Fsp3) is 0.227. The van der Waals surface area contributed by atoms with Crippen LogP contribution in [0.2, 0.25) is 0 Å². The minimum Gasteiger partial charge on any atom is -0.337 e. The largest absolute Gasteiger partial charge is 0.418 e. The molecule has 35 heavy (non-hydrogen) atoms. The number of rotatable bonds is 4. The summed E-state index contributed by atoms with van der Waals surface area (Å²) < 4.78 is 81.4. The lowest BCUT2D eigenvalue weighted by atomic mass is 9.97. The van der Waals surface area contributed by atoms with Crippen LogP contribution in [-0.4, -0.2) is 30.5 Å². The summed E-state index contributed by atoms with van der Waals surface area (Å²) >= 11 is 0. The number of fused-ring (bicyclic) bond motifs is 1.